The molecule has 1 aromatic heterocycles. The normalized spacial score (nSPS) is 11.3. The van der Waals surface area contributed by atoms with Gasteiger partial charge in [-0.2, -0.15) is 0 Å². The van der Waals surface area contributed by atoms with E-state index in [1.807, 2.05) is 31.4 Å². The van der Waals surface area contributed by atoms with Crippen molar-refractivity contribution in [2.45, 2.75) is 39.3 Å². The molecule has 1 aromatic carbocycles. The summed E-state index contributed by atoms with van der Waals surface area (Å²) in [6.45, 7) is 6.45. The second kappa shape index (κ2) is 7.26. The van der Waals surface area contributed by atoms with Gasteiger partial charge in [-0.05, 0) is 38.5 Å². The maximum atomic E-state index is 13.2. The van der Waals surface area contributed by atoms with E-state index in [0.717, 1.165) is 11.3 Å². The average Bonchev–Trinajstić information content (AvgIpc) is 2.84. The van der Waals surface area contributed by atoms with Gasteiger partial charge in [0, 0.05) is 31.4 Å². The minimum atomic E-state index is -0.511. The number of alkyl carbamates (subject to hydrolysis) is 1. The molecule has 0 saturated carbocycles. The highest BCUT2D eigenvalue weighted by Crippen LogP contribution is 2.09. The van der Waals surface area contributed by atoms with Gasteiger partial charge in [-0.25, -0.2) is 14.2 Å². The molecular formula is C17H22FN3O2. The van der Waals surface area contributed by atoms with Gasteiger partial charge in [-0.3, -0.25) is 0 Å². The molecule has 0 atom stereocenters. The zero-order valence-corrected chi connectivity index (χ0v) is 13.7. The summed E-state index contributed by atoms with van der Waals surface area (Å²) < 4.78 is 20.4. The Bertz CT molecular complexity index is 662. The van der Waals surface area contributed by atoms with Crippen molar-refractivity contribution >= 4 is 6.09 Å². The van der Waals surface area contributed by atoms with Gasteiger partial charge in [-0.15, -0.1) is 0 Å². The van der Waals surface area contributed by atoms with Crippen LogP contribution in [0.5, 0.6) is 0 Å². The molecule has 0 unspecified atom stereocenters. The number of halogens is 1. The maximum Gasteiger partial charge on any atom is 0.407 e. The molecule has 2 rings (SSSR count). The van der Waals surface area contributed by atoms with Crippen molar-refractivity contribution in [2.24, 2.45) is 0 Å². The fourth-order valence-electron chi connectivity index (χ4n) is 2.14. The summed E-state index contributed by atoms with van der Waals surface area (Å²) in [4.78, 5) is 15.7. The molecule has 1 heterocycles. The second-order valence-corrected chi connectivity index (χ2v) is 6.32. The SMILES string of the molecule is CC(C)(C)OC(=O)NCCc1cncn1Cc1cccc(F)c1. The number of nitrogens with one attached hydrogen (secondary N) is 1. The van der Waals surface area contributed by atoms with Gasteiger partial charge in [0.15, 0.2) is 0 Å². The Balaban J connectivity index is 1.88. The van der Waals surface area contributed by atoms with E-state index in [-0.39, 0.29) is 5.82 Å². The van der Waals surface area contributed by atoms with E-state index < -0.39 is 11.7 Å². The summed E-state index contributed by atoms with van der Waals surface area (Å²) >= 11 is 0. The lowest BCUT2D eigenvalue weighted by molar-refractivity contribution is 0.0528. The largest absolute Gasteiger partial charge is 0.444 e. The highest BCUT2D eigenvalue weighted by atomic mass is 19.1. The average molecular weight is 319 g/mol. The van der Waals surface area contributed by atoms with Crippen molar-refractivity contribution in [1.29, 1.82) is 0 Å². The zero-order chi connectivity index (χ0) is 16.9. The first-order valence-corrected chi connectivity index (χ1v) is 7.54. The van der Waals surface area contributed by atoms with Gasteiger partial charge in [-0.1, -0.05) is 12.1 Å². The number of carbonyl (C=O) groups excluding carboxylic acids is 1. The maximum absolute atomic E-state index is 13.2. The van der Waals surface area contributed by atoms with Gasteiger partial charge in [0.25, 0.3) is 0 Å². The van der Waals surface area contributed by atoms with E-state index in [4.69, 9.17) is 4.74 Å². The molecule has 0 radical (unpaired) electrons. The minimum Gasteiger partial charge on any atom is -0.444 e. The van der Waals surface area contributed by atoms with Crippen LogP contribution in [0.2, 0.25) is 0 Å². The lowest BCUT2D eigenvalue weighted by Gasteiger charge is -2.19. The van der Waals surface area contributed by atoms with Gasteiger partial charge < -0.3 is 14.6 Å². The molecule has 6 heteroatoms. The first kappa shape index (κ1) is 17.0. The lowest BCUT2D eigenvalue weighted by Crippen LogP contribution is -2.33. The highest BCUT2D eigenvalue weighted by molar-refractivity contribution is 5.67. The summed E-state index contributed by atoms with van der Waals surface area (Å²) in [5.74, 6) is -0.254. The van der Waals surface area contributed by atoms with Crippen molar-refractivity contribution in [2.75, 3.05) is 6.54 Å². The van der Waals surface area contributed by atoms with Crippen LogP contribution in [0.3, 0.4) is 0 Å². The molecule has 0 aliphatic rings. The number of carbonyl (C=O) groups is 1. The molecule has 1 amide bonds. The Morgan fingerprint density at radius 1 is 1.39 bits per heavy atom. The number of amides is 1. The van der Waals surface area contributed by atoms with Crippen molar-refractivity contribution < 1.29 is 13.9 Å². The van der Waals surface area contributed by atoms with Gasteiger partial charge in [0.2, 0.25) is 0 Å². The molecule has 0 aliphatic heterocycles. The van der Waals surface area contributed by atoms with Crippen LogP contribution in [0.4, 0.5) is 9.18 Å². The third-order valence-electron chi connectivity index (χ3n) is 3.09. The third-order valence-corrected chi connectivity index (χ3v) is 3.09. The van der Waals surface area contributed by atoms with Crippen LogP contribution >= 0.6 is 0 Å². The molecule has 0 spiro atoms. The number of ether oxygens (including phenoxy) is 1. The zero-order valence-electron chi connectivity index (χ0n) is 13.7. The number of benzene rings is 1. The molecule has 0 bridgehead atoms. The topological polar surface area (TPSA) is 56.1 Å². The first-order valence-electron chi connectivity index (χ1n) is 7.54. The van der Waals surface area contributed by atoms with E-state index in [9.17, 15) is 9.18 Å². The lowest BCUT2D eigenvalue weighted by atomic mass is 10.2. The minimum absolute atomic E-state index is 0.254. The fourth-order valence-corrected chi connectivity index (χ4v) is 2.14. The Morgan fingerprint density at radius 3 is 2.87 bits per heavy atom. The molecular weight excluding hydrogens is 297 g/mol. The van der Waals surface area contributed by atoms with Crippen LogP contribution in [0.1, 0.15) is 32.0 Å². The Hall–Kier alpha value is -2.37. The first-order chi connectivity index (χ1) is 10.8. The van der Waals surface area contributed by atoms with Gasteiger partial charge in [0.1, 0.15) is 11.4 Å². The Morgan fingerprint density at radius 2 is 2.17 bits per heavy atom. The molecule has 0 fully saturated rings. The number of rotatable bonds is 5. The van der Waals surface area contributed by atoms with Crippen LogP contribution < -0.4 is 5.32 Å². The smallest absolute Gasteiger partial charge is 0.407 e. The number of aromatic nitrogens is 2. The fraction of sp³-hybridized carbons (Fsp3) is 0.412. The molecule has 2 aromatic rings. The van der Waals surface area contributed by atoms with Gasteiger partial charge in [0.05, 0.1) is 6.33 Å². The predicted molar refractivity (Wildman–Crippen MR) is 85.7 cm³/mol. The van der Waals surface area contributed by atoms with Crippen molar-refractivity contribution in [1.82, 2.24) is 14.9 Å². The van der Waals surface area contributed by atoms with E-state index >= 15 is 0 Å². The summed E-state index contributed by atoms with van der Waals surface area (Å²) in [6, 6.07) is 6.48. The van der Waals surface area contributed by atoms with Gasteiger partial charge >= 0.3 is 6.09 Å². The number of imidazole rings is 1. The van der Waals surface area contributed by atoms with E-state index in [0.29, 0.717) is 19.5 Å². The Labute approximate surface area is 135 Å². The van der Waals surface area contributed by atoms with E-state index in [1.54, 1.807) is 18.6 Å². The quantitative estimate of drug-likeness (QED) is 0.921. The van der Waals surface area contributed by atoms with E-state index in [2.05, 4.69) is 10.3 Å². The van der Waals surface area contributed by atoms with Crippen molar-refractivity contribution in [3.05, 3.63) is 53.9 Å². The molecule has 5 nitrogen and oxygen atoms in total. The highest BCUT2D eigenvalue weighted by Gasteiger charge is 2.15. The third kappa shape index (κ3) is 5.73. The van der Waals surface area contributed by atoms with Crippen molar-refractivity contribution in [3.8, 4) is 0 Å². The summed E-state index contributed by atoms with van der Waals surface area (Å²) in [6.07, 6.45) is 3.63. The molecule has 1 N–H and O–H groups in total. The molecule has 23 heavy (non-hydrogen) atoms. The predicted octanol–water partition coefficient (Wildman–Crippen LogP) is 3.14. The number of nitrogens with zero attached hydrogens (tertiary/aromatic N) is 2. The molecule has 0 saturated heterocycles. The number of hydrogen-bond acceptors (Lipinski definition) is 3. The van der Waals surface area contributed by atoms with Crippen LogP contribution in [-0.2, 0) is 17.7 Å². The van der Waals surface area contributed by atoms with Crippen LogP contribution in [-0.4, -0.2) is 27.8 Å². The Kier molecular flexibility index (Phi) is 5.36. The number of hydrogen-bond donors (Lipinski definition) is 1. The summed E-state index contributed by atoms with van der Waals surface area (Å²) in [7, 11) is 0. The summed E-state index contributed by atoms with van der Waals surface area (Å²) in [5, 5.41) is 2.72. The molecule has 124 valence electrons. The van der Waals surface area contributed by atoms with E-state index in [1.165, 1.54) is 12.1 Å². The van der Waals surface area contributed by atoms with Crippen molar-refractivity contribution in [3.63, 3.8) is 0 Å². The standard InChI is InChI=1S/C17H22FN3O2/c1-17(2,3)23-16(22)20-8-7-15-10-19-12-21(15)11-13-5-4-6-14(18)9-13/h4-6,9-10,12H,7-8,11H2,1-3H3,(H,20,22). The monoisotopic (exact) mass is 319 g/mol. The van der Waals surface area contributed by atoms with Crippen LogP contribution in [0, 0.1) is 5.82 Å². The van der Waals surface area contributed by atoms with Crippen LogP contribution in [0.25, 0.3) is 0 Å². The second-order valence-electron chi connectivity index (χ2n) is 6.32. The summed E-state index contributed by atoms with van der Waals surface area (Å²) in [5.41, 5.74) is 1.32. The van der Waals surface area contributed by atoms with Crippen LogP contribution in [0.15, 0.2) is 36.8 Å². The molecule has 0 aliphatic carbocycles.